The minimum Gasteiger partial charge on any atom is -0.325 e. The van der Waals surface area contributed by atoms with Crippen molar-refractivity contribution in [2.75, 3.05) is 6.54 Å². The molecule has 1 saturated heterocycles. The molecule has 0 aromatic rings. The zero-order valence-electron chi connectivity index (χ0n) is 13.0. The van der Waals surface area contributed by atoms with Crippen molar-refractivity contribution in [1.29, 1.82) is 0 Å². The summed E-state index contributed by atoms with van der Waals surface area (Å²) in [7, 11) is 0. The lowest BCUT2D eigenvalue weighted by atomic mass is 9.66. The quantitative estimate of drug-likeness (QED) is 0.801. The van der Waals surface area contributed by atoms with E-state index in [-0.39, 0.29) is 12.2 Å². The molecular formula is C16H30N2O. The van der Waals surface area contributed by atoms with Crippen LogP contribution in [0.3, 0.4) is 0 Å². The molecule has 1 aliphatic heterocycles. The third-order valence-corrected chi connectivity index (χ3v) is 5.12. The highest BCUT2D eigenvalue weighted by atomic mass is 16.2. The van der Waals surface area contributed by atoms with Crippen LogP contribution in [-0.4, -0.2) is 29.6 Å². The van der Waals surface area contributed by atoms with Crippen molar-refractivity contribution in [2.45, 2.75) is 78.4 Å². The number of hydrogen-bond acceptors (Lipinski definition) is 2. The minimum absolute atomic E-state index is 0.0535. The molecule has 0 aromatic heterocycles. The smallest absolute Gasteiger partial charge is 0.241 e. The first-order valence-corrected chi connectivity index (χ1v) is 8.08. The summed E-state index contributed by atoms with van der Waals surface area (Å²) in [5.41, 5.74) is 0.426. The summed E-state index contributed by atoms with van der Waals surface area (Å²) >= 11 is 0. The van der Waals surface area contributed by atoms with Crippen molar-refractivity contribution < 1.29 is 4.79 Å². The molecule has 1 heterocycles. The summed E-state index contributed by atoms with van der Waals surface area (Å²) in [4.78, 5) is 14.7. The Labute approximate surface area is 118 Å². The molecule has 3 heteroatoms. The van der Waals surface area contributed by atoms with Gasteiger partial charge in [-0.05, 0) is 43.4 Å². The largest absolute Gasteiger partial charge is 0.325 e. The molecule has 1 aliphatic carbocycles. The van der Waals surface area contributed by atoms with Gasteiger partial charge in [-0.25, -0.2) is 0 Å². The lowest BCUT2D eigenvalue weighted by Gasteiger charge is -2.45. The summed E-state index contributed by atoms with van der Waals surface area (Å²) in [5, 5.41) is 3.54. The topological polar surface area (TPSA) is 32.3 Å². The Morgan fingerprint density at radius 2 is 2.05 bits per heavy atom. The molecule has 110 valence electrons. The Bertz CT molecular complexity index is 317. The van der Waals surface area contributed by atoms with E-state index in [1.165, 1.54) is 25.7 Å². The number of rotatable bonds is 6. The average molecular weight is 266 g/mol. The standard InChI is InChI=1S/C16H30N2O/c1-5-13-15(19)18(14(17-13)10-12(3)4)11-16(6-2)8-7-9-16/h12-14,17H,5-11H2,1-4H3. The van der Waals surface area contributed by atoms with E-state index in [0.717, 1.165) is 19.4 Å². The molecule has 1 amide bonds. The van der Waals surface area contributed by atoms with Gasteiger partial charge in [-0.1, -0.05) is 34.1 Å². The molecule has 0 bridgehead atoms. The zero-order valence-corrected chi connectivity index (χ0v) is 13.0. The lowest BCUT2D eigenvalue weighted by molar-refractivity contribution is -0.133. The number of carbonyl (C=O) groups excluding carboxylic acids is 1. The van der Waals surface area contributed by atoms with Crippen LogP contribution in [0.4, 0.5) is 0 Å². The van der Waals surface area contributed by atoms with Crippen LogP contribution < -0.4 is 5.32 Å². The van der Waals surface area contributed by atoms with Crippen LogP contribution in [0.2, 0.25) is 0 Å². The third-order valence-electron chi connectivity index (χ3n) is 5.12. The van der Waals surface area contributed by atoms with Gasteiger partial charge in [-0.2, -0.15) is 0 Å². The second-order valence-electron chi connectivity index (χ2n) is 6.95. The lowest BCUT2D eigenvalue weighted by Crippen LogP contribution is -2.47. The van der Waals surface area contributed by atoms with E-state index in [1.807, 2.05) is 0 Å². The van der Waals surface area contributed by atoms with Gasteiger partial charge in [0.15, 0.2) is 0 Å². The van der Waals surface area contributed by atoms with Crippen molar-refractivity contribution in [2.24, 2.45) is 11.3 Å². The summed E-state index contributed by atoms with van der Waals surface area (Å²) in [6.07, 6.45) is 7.40. The van der Waals surface area contributed by atoms with Gasteiger partial charge < -0.3 is 4.90 Å². The Balaban J connectivity index is 2.07. The van der Waals surface area contributed by atoms with Crippen LogP contribution in [0, 0.1) is 11.3 Å². The maximum Gasteiger partial charge on any atom is 0.241 e. The van der Waals surface area contributed by atoms with Crippen LogP contribution in [0.5, 0.6) is 0 Å². The van der Waals surface area contributed by atoms with Gasteiger partial charge in [0, 0.05) is 6.54 Å². The molecule has 0 radical (unpaired) electrons. The van der Waals surface area contributed by atoms with Crippen molar-refractivity contribution >= 4 is 5.91 Å². The number of amides is 1. The number of nitrogens with zero attached hydrogens (tertiary/aromatic N) is 1. The van der Waals surface area contributed by atoms with Crippen molar-refractivity contribution in [3.05, 3.63) is 0 Å². The van der Waals surface area contributed by atoms with E-state index in [0.29, 0.717) is 17.2 Å². The number of hydrogen-bond donors (Lipinski definition) is 1. The van der Waals surface area contributed by atoms with Gasteiger partial charge in [-0.15, -0.1) is 0 Å². The first kappa shape index (κ1) is 14.8. The molecule has 2 atom stereocenters. The molecule has 19 heavy (non-hydrogen) atoms. The van der Waals surface area contributed by atoms with E-state index in [2.05, 4.69) is 37.9 Å². The van der Waals surface area contributed by atoms with Crippen LogP contribution in [0.25, 0.3) is 0 Å². The zero-order chi connectivity index (χ0) is 14.0. The van der Waals surface area contributed by atoms with Crippen molar-refractivity contribution in [3.8, 4) is 0 Å². The first-order chi connectivity index (χ1) is 9.01. The fraction of sp³-hybridized carbons (Fsp3) is 0.938. The highest BCUT2D eigenvalue weighted by molar-refractivity contribution is 5.84. The van der Waals surface area contributed by atoms with Gasteiger partial charge in [-0.3, -0.25) is 10.1 Å². The Kier molecular flexibility index (Phi) is 4.54. The summed E-state index contributed by atoms with van der Waals surface area (Å²) in [5.74, 6) is 0.968. The van der Waals surface area contributed by atoms with Gasteiger partial charge in [0.2, 0.25) is 5.91 Å². The van der Waals surface area contributed by atoms with E-state index in [4.69, 9.17) is 0 Å². The molecule has 3 nitrogen and oxygen atoms in total. The Hall–Kier alpha value is -0.570. The van der Waals surface area contributed by atoms with Crippen LogP contribution in [0.1, 0.15) is 66.2 Å². The molecule has 2 unspecified atom stereocenters. The van der Waals surface area contributed by atoms with E-state index >= 15 is 0 Å². The normalized spacial score (nSPS) is 29.9. The number of carbonyl (C=O) groups is 1. The molecule has 0 spiro atoms. The van der Waals surface area contributed by atoms with Gasteiger partial charge in [0.1, 0.15) is 0 Å². The summed E-state index contributed by atoms with van der Waals surface area (Å²) in [6, 6.07) is 0.0535. The van der Waals surface area contributed by atoms with Crippen LogP contribution in [-0.2, 0) is 4.79 Å². The predicted octanol–water partition coefficient (Wildman–Crippen LogP) is 3.15. The molecule has 1 saturated carbocycles. The summed E-state index contributed by atoms with van der Waals surface area (Å²) in [6.45, 7) is 9.83. The Morgan fingerprint density at radius 1 is 1.37 bits per heavy atom. The van der Waals surface area contributed by atoms with Crippen LogP contribution in [0.15, 0.2) is 0 Å². The Morgan fingerprint density at radius 3 is 2.47 bits per heavy atom. The highest BCUT2D eigenvalue weighted by Crippen LogP contribution is 2.45. The van der Waals surface area contributed by atoms with Gasteiger partial charge in [0.05, 0.1) is 12.2 Å². The highest BCUT2D eigenvalue weighted by Gasteiger charge is 2.44. The molecule has 1 N–H and O–H groups in total. The monoisotopic (exact) mass is 266 g/mol. The van der Waals surface area contributed by atoms with E-state index < -0.39 is 0 Å². The first-order valence-electron chi connectivity index (χ1n) is 8.08. The van der Waals surface area contributed by atoms with Crippen molar-refractivity contribution in [1.82, 2.24) is 10.2 Å². The SMILES string of the molecule is CCC1NC(CC(C)C)N(CC2(CC)CCC2)C1=O. The predicted molar refractivity (Wildman–Crippen MR) is 78.7 cm³/mol. The molecule has 2 aliphatic rings. The minimum atomic E-state index is 0.0535. The average Bonchev–Trinajstić information content (AvgIpc) is 2.60. The fourth-order valence-corrected chi connectivity index (χ4v) is 3.53. The molecule has 2 rings (SSSR count). The molecule has 0 aromatic carbocycles. The summed E-state index contributed by atoms with van der Waals surface area (Å²) < 4.78 is 0. The second-order valence-corrected chi connectivity index (χ2v) is 6.95. The maximum atomic E-state index is 12.5. The van der Waals surface area contributed by atoms with Gasteiger partial charge >= 0.3 is 0 Å². The van der Waals surface area contributed by atoms with E-state index in [1.54, 1.807) is 0 Å². The fourth-order valence-electron chi connectivity index (χ4n) is 3.53. The number of nitrogens with one attached hydrogen (secondary N) is 1. The van der Waals surface area contributed by atoms with Crippen LogP contribution >= 0.6 is 0 Å². The van der Waals surface area contributed by atoms with Gasteiger partial charge in [0.25, 0.3) is 0 Å². The second kappa shape index (κ2) is 5.82. The maximum absolute atomic E-state index is 12.5. The third kappa shape index (κ3) is 2.96. The molecular weight excluding hydrogens is 236 g/mol. The molecule has 2 fully saturated rings. The van der Waals surface area contributed by atoms with Crippen molar-refractivity contribution in [3.63, 3.8) is 0 Å². The van der Waals surface area contributed by atoms with E-state index in [9.17, 15) is 4.79 Å².